The third-order valence-corrected chi connectivity index (χ3v) is 11.5. The summed E-state index contributed by atoms with van der Waals surface area (Å²) in [5.41, 5.74) is 15.1. The maximum Gasteiger partial charge on any atom is 0.0703 e. The standard InChI is InChI=1S/C51H39N3/c1-5-14-33-21-27-47-49(40(33)6-2)50-41-19-12-10-15-34(41)22-28-48(50)54(47)38-24-26-43-42-25-23-37(30-44(42)51(3,4)45(43)31-38)53(36-17-8-7-9-18-36)39-29-35-16-11-13-20-46(35)52-32-39/h5-32H,2H2,1,3-4H3/b14-5-. The SMILES string of the molecule is C=Cc1c(/C=C\C)ccc2c1c1c3ccccc3ccc1n2-c1ccc2c(c1)C(C)(C)c1cc(N(c3ccccc3)c3cnc4ccccc4c3)ccc1-2. The van der Waals surface area contributed by atoms with Crippen molar-refractivity contribution in [2.24, 2.45) is 0 Å². The summed E-state index contributed by atoms with van der Waals surface area (Å²) in [5.74, 6) is 0. The molecule has 3 heteroatoms. The smallest absolute Gasteiger partial charge is 0.0703 e. The number of hydrogen-bond acceptors (Lipinski definition) is 2. The van der Waals surface area contributed by atoms with E-state index >= 15 is 0 Å². The van der Waals surface area contributed by atoms with Crippen molar-refractivity contribution in [3.05, 3.63) is 187 Å². The highest BCUT2D eigenvalue weighted by Crippen LogP contribution is 2.52. The number of rotatable bonds is 6. The summed E-state index contributed by atoms with van der Waals surface area (Å²) >= 11 is 0. The number of anilines is 3. The number of pyridine rings is 1. The maximum absolute atomic E-state index is 4.85. The van der Waals surface area contributed by atoms with Gasteiger partial charge >= 0.3 is 0 Å². The van der Waals surface area contributed by atoms with Gasteiger partial charge in [-0.15, -0.1) is 0 Å². The van der Waals surface area contributed by atoms with Crippen LogP contribution in [0.2, 0.25) is 0 Å². The number of nitrogens with zero attached hydrogens (tertiary/aromatic N) is 3. The molecule has 0 amide bonds. The first kappa shape index (κ1) is 32.0. The fourth-order valence-electron chi connectivity index (χ4n) is 8.93. The molecule has 1 aliphatic rings. The lowest BCUT2D eigenvalue weighted by Crippen LogP contribution is -2.17. The molecule has 0 spiro atoms. The van der Waals surface area contributed by atoms with E-state index in [0.29, 0.717) is 0 Å². The van der Waals surface area contributed by atoms with Gasteiger partial charge in [0.15, 0.2) is 0 Å². The number of benzene rings is 7. The van der Waals surface area contributed by atoms with Crippen LogP contribution < -0.4 is 4.90 Å². The van der Waals surface area contributed by atoms with Crippen LogP contribution in [-0.2, 0) is 5.41 Å². The Balaban J connectivity index is 1.15. The van der Waals surface area contributed by atoms with Crippen LogP contribution >= 0.6 is 0 Å². The monoisotopic (exact) mass is 693 g/mol. The van der Waals surface area contributed by atoms with Gasteiger partial charge in [0.25, 0.3) is 0 Å². The lowest BCUT2D eigenvalue weighted by atomic mass is 9.82. The highest BCUT2D eigenvalue weighted by atomic mass is 15.1. The molecule has 0 bridgehead atoms. The van der Waals surface area contributed by atoms with Gasteiger partial charge in [-0.25, -0.2) is 0 Å². The fraction of sp³-hybridized carbons (Fsp3) is 0.0784. The Morgan fingerprint density at radius 2 is 1.33 bits per heavy atom. The first-order valence-electron chi connectivity index (χ1n) is 18.7. The van der Waals surface area contributed by atoms with E-state index in [1.54, 1.807) is 0 Å². The van der Waals surface area contributed by atoms with Crippen molar-refractivity contribution in [1.82, 2.24) is 9.55 Å². The molecule has 0 N–H and O–H groups in total. The van der Waals surface area contributed by atoms with Crippen LogP contribution in [0.3, 0.4) is 0 Å². The van der Waals surface area contributed by atoms with Gasteiger partial charge in [-0.2, -0.15) is 0 Å². The van der Waals surface area contributed by atoms with Gasteiger partial charge < -0.3 is 9.47 Å². The zero-order valence-corrected chi connectivity index (χ0v) is 30.7. The highest BCUT2D eigenvalue weighted by molar-refractivity contribution is 6.23. The predicted octanol–water partition coefficient (Wildman–Crippen LogP) is 13.9. The van der Waals surface area contributed by atoms with Crippen LogP contribution in [-0.4, -0.2) is 9.55 Å². The van der Waals surface area contributed by atoms with E-state index in [1.807, 2.05) is 18.3 Å². The number of allylic oxidation sites excluding steroid dienone is 1. The predicted molar refractivity (Wildman–Crippen MR) is 231 cm³/mol. The Morgan fingerprint density at radius 1 is 0.630 bits per heavy atom. The Morgan fingerprint density at radius 3 is 2.15 bits per heavy atom. The number of fused-ring (bicyclic) bond motifs is 9. The van der Waals surface area contributed by atoms with Crippen LogP contribution in [0, 0.1) is 0 Å². The molecule has 0 saturated carbocycles. The Labute approximate surface area is 315 Å². The second-order valence-corrected chi connectivity index (χ2v) is 14.8. The van der Waals surface area contributed by atoms with Crippen molar-refractivity contribution in [2.75, 3.05) is 4.90 Å². The van der Waals surface area contributed by atoms with Crippen molar-refractivity contribution in [3.8, 4) is 16.8 Å². The first-order chi connectivity index (χ1) is 26.5. The topological polar surface area (TPSA) is 21.1 Å². The summed E-state index contributed by atoms with van der Waals surface area (Å²) in [6.45, 7) is 11.1. The van der Waals surface area contributed by atoms with Gasteiger partial charge in [0.05, 0.1) is 28.4 Å². The second-order valence-electron chi connectivity index (χ2n) is 14.8. The highest BCUT2D eigenvalue weighted by Gasteiger charge is 2.36. The summed E-state index contributed by atoms with van der Waals surface area (Å²) < 4.78 is 2.46. The average molecular weight is 694 g/mol. The zero-order valence-electron chi connectivity index (χ0n) is 30.7. The molecule has 2 aromatic heterocycles. The molecule has 2 heterocycles. The lowest BCUT2D eigenvalue weighted by Gasteiger charge is -2.28. The van der Waals surface area contributed by atoms with Gasteiger partial charge in [0, 0.05) is 38.6 Å². The first-order valence-corrected chi connectivity index (χ1v) is 18.7. The molecule has 54 heavy (non-hydrogen) atoms. The number of hydrogen-bond donors (Lipinski definition) is 0. The van der Waals surface area contributed by atoms with Gasteiger partial charge in [0.2, 0.25) is 0 Å². The molecule has 0 aliphatic heterocycles. The van der Waals surface area contributed by atoms with Crippen LogP contribution in [0.25, 0.3) is 72.4 Å². The minimum absolute atomic E-state index is 0.239. The van der Waals surface area contributed by atoms with Crippen LogP contribution in [0.5, 0.6) is 0 Å². The number of para-hydroxylation sites is 2. The summed E-state index contributed by atoms with van der Waals surface area (Å²) in [7, 11) is 0. The van der Waals surface area contributed by atoms with Gasteiger partial charge in [0.1, 0.15) is 0 Å². The summed E-state index contributed by atoms with van der Waals surface area (Å²) in [6.07, 6.45) is 8.30. The summed E-state index contributed by atoms with van der Waals surface area (Å²) in [4.78, 5) is 7.18. The molecule has 9 aromatic rings. The maximum atomic E-state index is 4.85. The molecular weight excluding hydrogens is 655 g/mol. The van der Waals surface area contributed by atoms with Crippen molar-refractivity contribution < 1.29 is 0 Å². The van der Waals surface area contributed by atoms with E-state index < -0.39 is 0 Å². The van der Waals surface area contributed by atoms with Crippen molar-refractivity contribution in [2.45, 2.75) is 26.2 Å². The van der Waals surface area contributed by atoms with E-state index in [0.717, 1.165) is 39.2 Å². The quantitative estimate of drug-likeness (QED) is 0.173. The minimum atomic E-state index is -0.239. The van der Waals surface area contributed by atoms with Crippen LogP contribution in [0.1, 0.15) is 43.0 Å². The van der Waals surface area contributed by atoms with E-state index in [9.17, 15) is 0 Å². The molecule has 258 valence electrons. The molecular formula is C51H39N3. The molecule has 0 fully saturated rings. The summed E-state index contributed by atoms with van der Waals surface area (Å²) in [5, 5.41) is 6.12. The van der Waals surface area contributed by atoms with E-state index in [2.05, 4.69) is 188 Å². The molecule has 10 rings (SSSR count). The summed E-state index contributed by atoms with van der Waals surface area (Å²) in [6, 6.07) is 53.0. The van der Waals surface area contributed by atoms with Crippen molar-refractivity contribution in [3.63, 3.8) is 0 Å². The Kier molecular flexibility index (Phi) is 7.21. The van der Waals surface area contributed by atoms with Gasteiger partial charge in [-0.3, -0.25) is 4.98 Å². The van der Waals surface area contributed by atoms with E-state index in [1.165, 1.54) is 60.4 Å². The normalized spacial score (nSPS) is 13.2. The van der Waals surface area contributed by atoms with Crippen molar-refractivity contribution >= 4 is 72.7 Å². The Bertz CT molecular complexity index is 3000. The fourth-order valence-corrected chi connectivity index (χ4v) is 8.93. The molecule has 0 unspecified atom stereocenters. The molecule has 0 atom stereocenters. The molecule has 0 radical (unpaired) electrons. The molecule has 7 aromatic carbocycles. The second kappa shape index (κ2) is 12.2. The van der Waals surface area contributed by atoms with Gasteiger partial charge in [-0.1, -0.05) is 124 Å². The third kappa shape index (κ3) is 4.71. The zero-order chi connectivity index (χ0) is 36.6. The third-order valence-electron chi connectivity index (χ3n) is 11.5. The van der Waals surface area contributed by atoms with Gasteiger partial charge in [-0.05, 0) is 112 Å². The van der Waals surface area contributed by atoms with Crippen LogP contribution in [0.4, 0.5) is 17.1 Å². The molecule has 3 nitrogen and oxygen atoms in total. The average Bonchev–Trinajstić information content (AvgIpc) is 3.67. The van der Waals surface area contributed by atoms with Crippen molar-refractivity contribution in [1.29, 1.82) is 0 Å². The molecule has 1 aliphatic carbocycles. The minimum Gasteiger partial charge on any atom is -0.309 e. The molecule has 0 saturated heterocycles. The van der Waals surface area contributed by atoms with E-state index in [-0.39, 0.29) is 5.41 Å². The lowest BCUT2D eigenvalue weighted by molar-refractivity contribution is 0.660. The largest absolute Gasteiger partial charge is 0.309 e. The number of aromatic nitrogens is 2. The van der Waals surface area contributed by atoms with E-state index in [4.69, 9.17) is 4.98 Å². The Hall–Kier alpha value is -6.71. The van der Waals surface area contributed by atoms with Crippen LogP contribution in [0.15, 0.2) is 164 Å².